The van der Waals surface area contributed by atoms with Crippen molar-refractivity contribution >= 4 is 11.7 Å². The lowest BCUT2D eigenvalue weighted by Crippen LogP contribution is -2.40. The molecule has 4 rings (SSSR count). The maximum atomic E-state index is 12.8. The summed E-state index contributed by atoms with van der Waals surface area (Å²) in [6.07, 6.45) is -0.890. The van der Waals surface area contributed by atoms with Gasteiger partial charge in [0.15, 0.2) is 0 Å². The highest BCUT2D eigenvalue weighted by Gasteiger charge is 2.33. The zero-order chi connectivity index (χ0) is 19.0. The number of benzene rings is 1. The molecular formula is C18H19F3N4O2. The van der Waals surface area contributed by atoms with Gasteiger partial charge in [0.1, 0.15) is 0 Å². The van der Waals surface area contributed by atoms with E-state index in [1.165, 1.54) is 12.1 Å². The molecule has 144 valence electrons. The molecule has 2 heterocycles. The Hall–Kier alpha value is -2.58. The van der Waals surface area contributed by atoms with E-state index < -0.39 is 17.8 Å². The SMILES string of the molecule is O=C(Nc1cccc(C(F)(F)F)c1)N1CCC(c2nnc(C3CC3)o2)CC1. The van der Waals surface area contributed by atoms with Crippen molar-refractivity contribution in [2.75, 3.05) is 18.4 Å². The second kappa shape index (κ2) is 6.86. The molecule has 0 atom stereocenters. The van der Waals surface area contributed by atoms with Crippen LogP contribution in [0.25, 0.3) is 0 Å². The summed E-state index contributed by atoms with van der Waals surface area (Å²) in [4.78, 5) is 13.9. The third-order valence-corrected chi connectivity index (χ3v) is 4.96. The Morgan fingerprint density at radius 2 is 1.70 bits per heavy atom. The largest absolute Gasteiger partial charge is 0.425 e. The summed E-state index contributed by atoms with van der Waals surface area (Å²) in [7, 11) is 0. The lowest BCUT2D eigenvalue weighted by atomic mass is 9.97. The Balaban J connectivity index is 1.33. The highest BCUT2D eigenvalue weighted by Crippen LogP contribution is 2.40. The first-order chi connectivity index (χ1) is 12.9. The van der Waals surface area contributed by atoms with Crippen LogP contribution in [0.4, 0.5) is 23.7 Å². The fourth-order valence-electron chi connectivity index (χ4n) is 3.21. The standard InChI is InChI=1S/C18H19F3N4O2/c19-18(20,21)13-2-1-3-14(10-13)22-17(26)25-8-6-12(7-9-25)16-24-23-15(27-16)11-4-5-11/h1-3,10-12H,4-9H2,(H,22,26). The van der Waals surface area contributed by atoms with Gasteiger partial charge in [0.25, 0.3) is 0 Å². The van der Waals surface area contributed by atoms with E-state index in [4.69, 9.17) is 4.42 Å². The van der Waals surface area contributed by atoms with E-state index in [1.54, 1.807) is 4.90 Å². The fraction of sp³-hybridized carbons (Fsp3) is 0.500. The van der Waals surface area contributed by atoms with Crippen molar-refractivity contribution in [3.05, 3.63) is 41.6 Å². The summed E-state index contributed by atoms with van der Waals surface area (Å²) in [5, 5.41) is 10.8. The number of nitrogens with one attached hydrogen (secondary N) is 1. The van der Waals surface area contributed by atoms with E-state index in [0.29, 0.717) is 43.6 Å². The van der Waals surface area contributed by atoms with Gasteiger partial charge in [-0.05, 0) is 43.9 Å². The molecule has 2 aromatic rings. The monoisotopic (exact) mass is 380 g/mol. The molecule has 0 bridgehead atoms. The molecule has 9 heteroatoms. The van der Waals surface area contributed by atoms with Crippen LogP contribution in [0.2, 0.25) is 0 Å². The minimum Gasteiger partial charge on any atom is -0.425 e. The molecule has 1 saturated heterocycles. The number of rotatable bonds is 3. The number of likely N-dealkylation sites (tertiary alicyclic amines) is 1. The molecule has 2 amide bonds. The second-order valence-electron chi connectivity index (χ2n) is 7.02. The number of hydrogen-bond acceptors (Lipinski definition) is 4. The molecule has 2 aliphatic rings. The third kappa shape index (κ3) is 4.06. The summed E-state index contributed by atoms with van der Waals surface area (Å²) in [5.41, 5.74) is -0.662. The molecule has 1 aliphatic carbocycles. The van der Waals surface area contributed by atoms with Crippen molar-refractivity contribution < 1.29 is 22.4 Å². The minimum absolute atomic E-state index is 0.114. The number of carbonyl (C=O) groups excluding carboxylic acids is 1. The number of piperidine rings is 1. The van der Waals surface area contributed by atoms with Gasteiger partial charge in [-0.25, -0.2) is 4.79 Å². The summed E-state index contributed by atoms with van der Waals surface area (Å²) in [5.74, 6) is 1.84. The Morgan fingerprint density at radius 3 is 2.30 bits per heavy atom. The van der Waals surface area contributed by atoms with Crippen LogP contribution < -0.4 is 5.32 Å². The molecular weight excluding hydrogens is 361 g/mol. The van der Waals surface area contributed by atoms with Crippen LogP contribution >= 0.6 is 0 Å². The molecule has 27 heavy (non-hydrogen) atoms. The van der Waals surface area contributed by atoms with Crippen molar-refractivity contribution in [3.63, 3.8) is 0 Å². The lowest BCUT2D eigenvalue weighted by molar-refractivity contribution is -0.137. The van der Waals surface area contributed by atoms with Crippen LogP contribution in [0.15, 0.2) is 28.7 Å². The van der Waals surface area contributed by atoms with Crippen LogP contribution in [0.5, 0.6) is 0 Å². The van der Waals surface area contributed by atoms with Gasteiger partial charge in [-0.2, -0.15) is 13.2 Å². The molecule has 2 fully saturated rings. The number of amides is 2. The molecule has 0 spiro atoms. The predicted octanol–water partition coefficient (Wildman–Crippen LogP) is 4.38. The van der Waals surface area contributed by atoms with Crippen LogP contribution in [-0.2, 0) is 6.18 Å². The first kappa shape index (κ1) is 17.8. The molecule has 1 saturated carbocycles. The maximum absolute atomic E-state index is 12.8. The van der Waals surface area contributed by atoms with Gasteiger partial charge in [-0.1, -0.05) is 6.07 Å². The Morgan fingerprint density at radius 1 is 1.07 bits per heavy atom. The van der Waals surface area contributed by atoms with Gasteiger partial charge in [0.2, 0.25) is 11.8 Å². The van der Waals surface area contributed by atoms with Crippen LogP contribution in [0.3, 0.4) is 0 Å². The number of alkyl halides is 3. The van der Waals surface area contributed by atoms with E-state index >= 15 is 0 Å². The van der Waals surface area contributed by atoms with E-state index in [2.05, 4.69) is 15.5 Å². The third-order valence-electron chi connectivity index (χ3n) is 4.96. The van der Waals surface area contributed by atoms with Crippen LogP contribution in [0, 0.1) is 0 Å². The molecule has 1 aliphatic heterocycles. The van der Waals surface area contributed by atoms with Crippen LogP contribution in [-0.4, -0.2) is 34.2 Å². The average Bonchev–Trinajstić information content (AvgIpc) is 3.38. The number of aromatic nitrogens is 2. The van der Waals surface area contributed by atoms with E-state index in [9.17, 15) is 18.0 Å². The number of hydrogen-bond donors (Lipinski definition) is 1. The van der Waals surface area contributed by atoms with Gasteiger partial charge in [-0.3, -0.25) is 0 Å². The lowest BCUT2D eigenvalue weighted by Gasteiger charge is -2.30. The van der Waals surface area contributed by atoms with E-state index in [-0.39, 0.29) is 11.6 Å². The quantitative estimate of drug-likeness (QED) is 0.858. The number of anilines is 1. The Bertz CT molecular complexity index is 824. The van der Waals surface area contributed by atoms with Gasteiger partial charge in [-0.15, -0.1) is 10.2 Å². The Kier molecular flexibility index (Phi) is 4.53. The first-order valence-electron chi connectivity index (χ1n) is 8.96. The molecule has 1 N–H and O–H groups in total. The average molecular weight is 380 g/mol. The molecule has 1 aromatic heterocycles. The van der Waals surface area contributed by atoms with Gasteiger partial charge in [0.05, 0.1) is 5.56 Å². The first-order valence-corrected chi connectivity index (χ1v) is 8.96. The predicted molar refractivity (Wildman–Crippen MR) is 90.3 cm³/mol. The van der Waals surface area contributed by atoms with Crippen molar-refractivity contribution in [2.45, 2.75) is 43.7 Å². The molecule has 0 radical (unpaired) electrons. The van der Waals surface area contributed by atoms with Gasteiger partial charge >= 0.3 is 12.2 Å². The van der Waals surface area contributed by atoms with E-state index in [1.807, 2.05) is 0 Å². The maximum Gasteiger partial charge on any atom is 0.416 e. The smallest absolute Gasteiger partial charge is 0.416 e. The van der Waals surface area contributed by atoms with Crippen molar-refractivity contribution in [2.24, 2.45) is 0 Å². The summed E-state index contributed by atoms with van der Waals surface area (Å²) in [6.45, 7) is 0.965. The summed E-state index contributed by atoms with van der Waals surface area (Å²) < 4.78 is 44.1. The fourth-order valence-corrected chi connectivity index (χ4v) is 3.21. The Labute approximate surface area is 153 Å². The van der Waals surface area contributed by atoms with Crippen molar-refractivity contribution in [1.82, 2.24) is 15.1 Å². The molecule has 0 unspecified atom stereocenters. The zero-order valence-electron chi connectivity index (χ0n) is 14.5. The molecule has 6 nitrogen and oxygen atoms in total. The number of halogens is 3. The van der Waals surface area contributed by atoms with Crippen molar-refractivity contribution in [3.8, 4) is 0 Å². The van der Waals surface area contributed by atoms with Crippen LogP contribution in [0.1, 0.15) is 54.9 Å². The second-order valence-corrected chi connectivity index (χ2v) is 7.02. The normalized spacial score (nSPS) is 18.6. The van der Waals surface area contributed by atoms with Gasteiger partial charge in [0, 0.05) is 30.6 Å². The van der Waals surface area contributed by atoms with Crippen molar-refractivity contribution in [1.29, 1.82) is 0 Å². The summed E-state index contributed by atoms with van der Waals surface area (Å²) in [6, 6.07) is 4.22. The highest BCUT2D eigenvalue weighted by molar-refractivity contribution is 5.89. The highest BCUT2D eigenvalue weighted by atomic mass is 19.4. The molecule has 1 aromatic carbocycles. The van der Waals surface area contributed by atoms with E-state index in [0.717, 1.165) is 25.0 Å². The number of urea groups is 1. The summed E-state index contributed by atoms with van der Waals surface area (Å²) >= 11 is 0. The minimum atomic E-state index is -4.44. The number of nitrogens with zero attached hydrogens (tertiary/aromatic N) is 3. The zero-order valence-corrected chi connectivity index (χ0v) is 14.5. The number of carbonyl (C=O) groups is 1. The topological polar surface area (TPSA) is 71.3 Å². The van der Waals surface area contributed by atoms with Gasteiger partial charge < -0.3 is 14.6 Å².